The molecule has 0 aliphatic carbocycles. The minimum atomic E-state index is -0.0371. The monoisotopic (exact) mass is 440 g/mol. The fraction of sp³-hybridized carbons (Fsp3) is 0.391. The first kappa shape index (κ1) is 21.5. The van der Waals surface area contributed by atoms with Crippen molar-refractivity contribution in [3.8, 4) is 11.5 Å². The zero-order valence-electron chi connectivity index (χ0n) is 18.2. The van der Waals surface area contributed by atoms with Gasteiger partial charge >= 0.3 is 0 Å². The van der Waals surface area contributed by atoms with Gasteiger partial charge in [-0.15, -0.1) is 0 Å². The molecule has 0 radical (unpaired) electrons. The van der Waals surface area contributed by atoms with E-state index in [0.717, 1.165) is 42.9 Å². The largest absolute Gasteiger partial charge is 0.493 e. The molecular weight excluding hydrogens is 412 g/mol. The number of hydrogen-bond acceptors (Lipinski definition) is 7. The van der Waals surface area contributed by atoms with Crippen molar-refractivity contribution in [3.63, 3.8) is 0 Å². The molecule has 0 bridgehead atoms. The molecule has 8 heteroatoms. The Bertz CT molecular complexity index is 1000. The lowest BCUT2D eigenvalue weighted by molar-refractivity contribution is -0.117. The van der Waals surface area contributed by atoms with Gasteiger partial charge in [-0.3, -0.25) is 14.6 Å². The predicted octanol–water partition coefficient (Wildman–Crippen LogP) is 3.38. The van der Waals surface area contributed by atoms with E-state index in [1.54, 1.807) is 14.2 Å². The maximum atomic E-state index is 12.6. The van der Waals surface area contributed by atoms with Gasteiger partial charge in [-0.05, 0) is 12.5 Å². The Balaban J connectivity index is 1.29. The summed E-state index contributed by atoms with van der Waals surface area (Å²) in [5, 5.41) is 3.53. The summed E-state index contributed by atoms with van der Waals surface area (Å²) in [4.78, 5) is 21.7. The van der Waals surface area contributed by atoms with Crippen LogP contribution >= 0.6 is 11.3 Å². The highest BCUT2D eigenvalue weighted by atomic mass is 32.1. The van der Waals surface area contributed by atoms with E-state index in [9.17, 15) is 4.79 Å². The van der Waals surface area contributed by atoms with E-state index in [-0.39, 0.29) is 5.91 Å². The normalized spacial score (nSPS) is 15.2. The van der Waals surface area contributed by atoms with Crippen LogP contribution in [0.25, 0.3) is 10.2 Å². The van der Waals surface area contributed by atoms with E-state index in [1.165, 1.54) is 22.5 Å². The van der Waals surface area contributed by atoms with Crippen molar-refractivity contribution in [1.29, 1.82) is 0 Å². The van der Waals surface area contributed by atoms with Crippen LogP contribution in [-0.4, -0.2) is 67.6 Å². The Morgan fingerprint density at radius 3 is 2.35 bits per heavy atom. The number of benzene rings is 2. The number of amides is 1. The maximum absolute atomic E-state index is 12.6. The first-order chi connectivity index (χ1) is 15.0. The molecular formula is C23H28N4O3S. The minimum absolute atomic E-state index is 0.0371. The molecule has 0 spiro atoms. The molecule has 0 atom stereocenters. The number of carbonyl (C=O) groups is 1. The van der Waals surface area contributed by atoms with E-state index >= 15 is 0 Å². The fourth-order valence-corrected chi connectivity index (χ4v) is 4.62. The number of aromatic nitrogens is 1. The first-order valence-electron chi connectivity index (χ1n) is 10.4. The Morgan fingerprint density at radius 1 is 1.03 bits per heavy atom. The molecule has 1 aromatic heterocycles. The van der Waals surface area contributed by atoms with Crippen molar-refractivity contribution in [3.05, 3.63) is 47.5 Å². The van der Waals surface area contributed by atoms with Gasteiger partial charge < -0.3 is 14.8 Å². The molecule has 3 aromatic rings. The van der Waals surface area contributed by atoms with E-state index in [1.807, 2.05) is 12.1 Å². The van der Waals surface area contributed by atoms with Crippen molar-refractivity contribution in [2.75, 3.05) is 52.3 Å². The number of rotatable bonds is 7. The van der Waals surface area contributed by atoms with Crippen molar-refractivity contribution in [1.82, 2.24) is 14.8 Å². The van der Waals surface area contributed by atoms with E-state index in [4.69, 9.17) is 9.47 Å². The molecule has 2 heterocycles. The smallest absolute Gasteiger partial charge is 0.240 e. The van der Waals surface area contributed by atoms with Gasteiger partial charge in [0.05, 0.1) is 31.0 Å². The van der Waals surface area contributed by atoms with Crippen molar-refractivity contribution in [2.24, 2.45) is 0 Å². The Kier molecular flexibility index (Phi) is 6.70. The van der Waals surface area contributed by atoms with Crippen LogP contribution in [-0.2, 0) is 11.3 Å². The number of carbonyl (C=O) groups excluding carboxylic acids is 1. The number of nitrogens with one attached hydrogen (secondary N) is 1. The SMILES string of the molecule is COc1cc2nc(NC(=O)CN3CCN(Cc4ccc(C)cc4)CC3)sc2cc1OC. The maximum Gasteiger partial charge on any atom is 0.240 e. The molecule has 31 heavy (non-hydrogen) atoms. The highest BCUT2D eigenvalue weighted by Crippen LogP contribution is 2.36. The molecule has 164 valence electrons. The molecule has 1 aliphatic rings. The predicted molar refractivity (Wildman–Crippen MR) is 124 cm³/mol. The number of ether oxygens (including phenoxy) is 2. The van der Waals surface area contributed by atoms with Crippen LogP contribution in [0.1, 0.15) is 11.1 Å². The summed E-state index contributed by atoms with van der Waals surface area (Å²) < 4.78 is 11.6. The second kappa shape index (κ2) is 9.64. The third kappa shape index (κ3) is 5.33. The van der Waals surface area contributed by atoms with Crippen LogP contribution in [0.15, 0.2) is 36.4 Å². The Hall–Kier alpha value is -2.68. The number of nitrogens with zero attached hydrogens (tertiary/aromatic N) is 3. The van der Waals surface area contributed by atoms with Gasteiger partial charge in [0, 0.05) is 44.9 Å². The van der Waals surface area contributed by atoms with Crippen molar-refractivity contribution >= 4 is 32.6 Å². The van der Waals surface area contributed by atoms with E-state index in [2.05, 4.69) is 51.3 Å². The van der Waals surface area contributed by atoms with Crippen LogP contribution < -0.4 is 14.8 Å². The lowest BCUT2D eigenvalue weighted by Gasteiger charge is -2.34. The molecule has 7 nitrogen and oxygen atoms in total. The van der Waals surface area contributed by atoms with Gasteiger partial charge in [-0.2, -0.15) is 0 Å². The van der Waals surface area contributed by atoms with Gasteiger partial charge in [-0.25, -0.2) is 4.98 Å². The standard InChI is InChI=1S/C23H28N4O3S/c1-16-4-6-17(7-5-16)14-26-8-10-27(11-9-26)15-22(28)25-23-24-18-12-19(29-2)20(30-3)13-21(18)31-23/h4-7,12-13H,8-11,14-15H2,1-3H3,(H,24,25,28). The van der Waals surface area contributed by atoms with Gasteiger partial charge in [0.25, 0.3) is 0 Å². The lowest BCUT2D eigenvalue weighted by Crippen LogP contribution is -2.48. The summed E-state index contributed by atoms with van der Waals surface area (Å²) >= 11 is 1.43. The minimum Gasteiger partial charge on any atom is -0.493 e. The quantitative estimate of drug-likeness (QED) is 0.608. The molecule has 2 aromatic carbocycles. The zero-order chi connectivity index (χ0) is 21.8. The number of hydrogen-bond donors (Lipinski definition) is 1. The van der Waals surface area contributed by atoms with Gasteiger partial charge in [0.1, 0.15) is 0 Å². The highest BCUT2D eigenvalue weighted by molar-refractivity contribution is 7.22. The van der Waals surface area contributed by atoms with Gasteiger partial charge in [0.15, 0.2) is 16.6 Å². The average Bonchev–Trinajstić information content (AvgIpc) is 3.16. The number of methoxy groups -OCH3 is 2. The summed E-state index contributed by atoms with van der Waals surface area (Å²) in [6.45, 7) is 7.13. The summed E-state index contributed by atoms with van der Waals surface area (Å²) in [5.74, 6) is 1.24. The molecule has 1 fully saturated rings. The van der Waals surface area contributed by atoms with Crippen LogP contribution in [0.2, 0.25) is 0 Å². The number of aryl methyl sites for hydroxylation is 1. The molecule has 1 N–H and O–H groups in total. The number of piperazine rings is 1. The van der Waals surface area contributed by atoms with Crippen LogP contribution in [0.5, 0.6) is 11.5 Å². The molecule has 0 unspecified atom stereocenters. The first-order valence-corrected chi connectivity index (χ1v) is 11.2. The van der Waals surface area contributed by atoms with E-state index in [0.29, 0.717) is 23.2 Å². The summed E-state index contributed by atoms with van der Waals surface area (Å²) in [6.07, 6.45) is 0. The average molecular weight is 441 g/mol. The van der Waals surface area contributed by atoms with Gasteiger partial charge in [-0.1, -0.05) is 41.2 Å². The third-order valence-electron chi connectivity index (χ3n) is 5.50. The molecule has 4 rings (SSSR count). The Morgan fingerprint density at radius 2 is 1.68 bits per heavy atom. The zero-order valence-corrected chi connectivity index (χ0v) is 19.0. The summed E-state index contributed by atoms with van der Waals surface area (Å²) in [5.41, 5.74) is 3.40. The van der Waals surface area contributed by atoms with Gasteiger partial charge in [0.2, 0.25) is 5.91 Å². The second-order valence-electron chi connectivity index (χ2n) is 7.78. The molecule has 0 saturated carbocycles. The van der Waals surface area contributed by atoms with E-state index < -0.39 is 0 Å². The molecule has 1 aliphatic heterocycles. The number of fused-ring (bicyclic) bond motifs is 1. The van der Waals surface area contributed by atoms with Crippen LogP contribution in [0.4, 0.5) is 5.13 Å². The van der Waals surface area contributed by atoms with Crippen LogP contribution in [0.3, 0.4) is 0 Å². The summed E-state index contributed by atoms with van der Waals surface area (Å²) in [6, 6.07) is 12.4. The second-order valence-corrected chi connectivity index (χ2v) is 8.81. The lowest BCUT2D eigenvalue weighted by atomic mass is 10.1. The molecule has 1 amide bonds. The molecule has 1 saturated heterocycles. The topological polar surface area (TPSA) is 66.9 Å². The number of thiazole rings is 1. The Labute approximate surface area is 186 Å². The van der Waals surface area contributed by atoms with Crippen molar-refractivity contribution in [2.45, 2.75) is 13.5 Å². The highest BCUT2D eigenvalue weighted by Gasteiger charge is 2.20. The number of anilines is 1. The summed E-state index contributed by atoms with van der Waals surface area (Å²) in [7, 11) is 3.20. The van der Waals surface area contributed by atoms with Crippen molar-refractivity contribution < 1.29 is 14.3 Å². The fourth-order valence-electron chi connectivity index (χ4n) is 3.73. The third-order valence-corrected chi connectivity index (χ3v) is 6.43. The van der Waals surface area contributed by atoms with Crippen LogP contribution in [0, 0.1) is 6.92 Å².